The van der Waals surface area contributed by atoms with Crippen molar-refractivity contribution in [1.82, 2.24) is 0 Å². The van der Waals surface area contributed by atoms with Crippen molar-refractivity contribution in [2.75, 3.05) is 13.2 Å². The molecule has 0 N–H and O–H groups in total. The third-order valence-corrected chi connectivity index (χ3v) is 10.5. The summed E-state index contributed by atoms with van der Waals surface area (Å²) in [6.45, 7) is 12.8. The Kier molecular flexibility index (Phi) is 14.8. The maximum atomic E-state index is 15.4. The van der Waals surface area contributed by atoms with Gasteiger partial charge in [-0.2, -0.15) is 0 Å². The monoisotopic (exact) mass is 686 g/mol. The van der Waals surface area contributed by atoms with Gasteiger partial charge in [0.05, 0.1) is 25.4 Å². The molecule has 2 aliphatic heterocycles. The molecule has 0 spiro atoms. The Bertz CT molecular complexity index is 1390. The summed E-state index contributed by atoms with van der Waals surface area (Å²) in [6, 6.07) is 18.1. The minimum atomic E-state index is -0.709. The van der Waals surface area contributed by atoms with Crippen molar-refractivity contribution in [3.8, 4) is 22.3 Å². The van der Waals surface area contributed by atoms with Gasteiger partial charge in [0.2, 0.25) is 0 Å². The molecule has 3 aromatic rings. The highest BCUT2D eigenvalue weighted by Crippen LogP contribution is 2.36. The lowest BCUT2D eigenvalue weighted by Gasteiger charge is -2.35. The molecule has 2 saturated heterocycles. The fraction of sp³-hybridized carbons (Fsp3) is 0.500. The van der Waals surface area contributed by atoms with Gasteiger partial charge in [-0.25, -0.2) is 8.78 Å². The lowest BCUT2D eigenvalue weighted by Crippen LogP contribution is -2.34. The summed E-state index contributed by atoms with van der Waals surface area (Å²) in [7, 11) is 0. The number of ether oxygens (including phenoxy) is 4. The number of hydrogen-bond donors (Lipinski definition) is 0. The van der Waals surface area contributed by atoms with E-state index in [2.05, 4.69) is 27.0 Å². The highest BCUT2D eigenvalue weighted by Gasteiger charge is 2.32. The van der Waals surface area contributed by atoms with Crippen LogP contribution in [0.4, 0.5) is 8.78 Å². The molecule has 6 unspecified atom stereocenters. The first-order valence-electron chi connectivity index (χ1n) is 18.8. The van der Waals surface area contributed by atoms with E-state index in [1.54, 1.807) is 12.1 Å². The van der Waals surface area contributed by atoms with E-state index < -0.39 is 12.6 Å². The molecule has 6 atom stereocenters. The summed E-state index contributed by atoms with van der Waals surface area (Å²) in [5.74, 6) is -0.0683. The molecule has 2 aliphatic rings. The molecule has 0 aliphatic carbocycles. The summed E-state index contributed by atoms with van der Waals surface area (Å²) in [5.41, 5.74) is 4.08. The Morgan fingerprint density at radius 2 is 0.940 bits per heavy atom. The second-order valence-corrected chi connectivity index (χ2v) is 14.1. The fourth-order valence-corrected chi connectivity index (χ4v) is 7.09. The van der Waals surface area contributed by atoms with Crippen LogP contribution >= 0.6 is 0 Å². The number of halogens is 2. The lowest BCUT2D eigenvalue weighted by atomic mass is 9.95. The van der Waals surface area contributed by atoms with Gasteiger partial charge in [0.25, 0.3) is 0 Å². The van der Waals surface area contributed by atoms with Crippen LogP contribution in [0.5, 0.6) is 0 Å². The molecular formula is C44H56F2O4. The van der Waals surface area contributed by atoms with Gasteiger partial charge in [-0.15, -0.1) is 13.2 Å². The molecule has 0 amide bonds. The maximum absolute atomic E-state index is 15.4. The predicted octanol–water partition coefficient (Wildman–Crippen LogP) is 12.5. The van der Waals surface area contributed by atoms with Crippen molar-refractivity contribution in [1.29, 1.82) is 0 Å². The van der Waals surface area contributed by atoms with Crippen LogP contribution in [-0.4, -0.2) is 25.4 Å². The van der Waals surface area contributed by atoms with Crippen molar-refractivity contribution in [2.45, 2.75) is 116 Å². The number of benzene rings is 3. The SMILES string of the molecule is C=CCCCCCCC1COC(c2ccc(-c3ccc(-c4ccc(C5OCC(CCCCCCC=C)C(C)O5)c(F)c4)cc3)cc2F)OC1C. The van der Waals surface area contributed by atoms with Crippen molar-refractivity contribution in [3.05, 3.63) is 109 Å². The highest BCUT2D eigenvalue weighted by atomic mass is 19.1. The molecule has 2 fully saturated rings. The minimum Gasteiger partial charge on any atom is -0.348 e. The standard InChI is InChI=1S/C44H56F2O4/c1-5-7-9-11-13-15-17-37-29-47-43(49-31(37)3)39-25-23-35(27-41(39)45)33-19-21-34(22-20-33)36-24-26-40(42(46)28-36)44-48-30-38(32(4)50-44)18-16-14-12-10-8-6-2/h5-6,19-28,31-32,37-38,43-44H,1-2,7-18,29-30H2,3-4H3. The molecule has 50 heavy (non-hydrogen) atoms. The van der Waals surface area contributed by atoms with E-state index in [4.69, 9.17) is 18.9 Å². The summed E-state index contributed by atoms with van der Waals surface area (Å²) in [6.07, 6.45) is 16.3. The van der Waals surface area contributed by atoms with E-state index in [1.807, 2.05) is 48.6 Å². The normalized spacial score (nSPS) is 23.8. The van der Waals surface area contributed by atoms with E-state index in [0.29, 0.717) is 36.2 Å². The number of allylic oxidation sites excluding steroid dienone is 2. The van der Waals surface area contributed by atoms with Crippen molar-refractivity contribution in [3.63, 3.8) is 0 Å². The Balaban J connectivity index is 1.12. The van der Waals surface area contributed by atoms with Crippen LogP contribution in [0, 0.1) is 23.5 Å². The Morgan fingerprint density at radius 1 is 0.560 bits per heavy atom. The quantitative estimate of drug-likeness (QED) is 0.0986. The highest BCUT2D eigenvalue weighted by molar-refractivity contribution is 5.71. The fourth-order valence-electron chi connectivity index (χ4n) is 7.09. The van der Waals surface area contributed by atoms with Crippen LogP contribution in [0.15, 0.2) is 86.0 Å². The van der Waals surface area contributed by atoms with E-state index in [9.17, 15) is 0 Å². The third kappa shape index (κ3) is 10.4. The van der Waals surface area contributed by atoms with Crippen LogP contribution < -0.4 is 0 Å². The zero-order chi connectivity index (χ0) is 35.3. The van der Waals surface area contributed by atoms with E-state index in [1.165, 1.54) is 50.7 Å². The number of unbranched alkanes of at least 4 members (excludes halogenated alkanes) is 8. The maximum Gasteiger partial charge on any atom is 0.186 e. The topological polar surface area (TPSA) is 36.9 Å². The van der Waals surface area contributed by atoms with Crippen LogP contribution in [-0.2, 0) is 18.9 Å². The molecule has 0 saturated carbocycles. The van der Waals surface area contributed by atoms with E-state index in [0.717, 1.165) is 60.8 Å². The van der Waals surface area contributed by atoms with Gasteiger partial charge >= 0.3 is 0 Å². The molecule has 0 aromatic heterocycles. The molecule has 6 heteroatoms. The van der Waals surface area contributed by atoms with E-state index in [-0.39, 0.29) is 23.8 Å². The first-order chi connectivity index (χ1) is 24.4. The summed E-state index contributed by atoms with van der Waals surface area (Å²) >= 11 is 0. The Hall–Kier alpha value is -3.16. The lowest BCUT2D eigenvalue weighted by molar-refractivity contribution is -0.238. The zero-order valence-corrected chi connectivity index (χ0v) is 30.1. The smallest absolute Gasteiger partial charge is 0.186 e. The van der Waals surface area contributed by atoms with Gasteiger partial charge < -0.3 is 18.9 Å². The van der Waals surface area contributed by atoms with Gasteiger partial charge in [0.1, 0.15) is 11.6 Å². The zero-order valence-electron chi connectivity index (χ0n) is 30.1. The van der Waals surface area contributed by atoms with Crippen molar-refractivity contribution in [2.24, 2.45) is 11.8 Å². The first kappa shape index (κ1) is 38.1. The number of rotatable bonds is 18. The van der Waals surface area contributed by atoms with Crippen LogP contribution in [0.25, 0.3) is 22.3 Å². The Labute approximate surface area is 298 Å². The molecule has 3 aromatic carbocycles. The molecule has 4 nitrogen and oxygen atoms in total. The average Bonchev–Trinajstić information content (AvgIpc) is 3.12. The van der Waals surface area contributed by atoms with Gasteiger partial charge in [0.15, 0.2) is 12.6 Å². The number of hydrogen-bond acceptors (Lipinski definition) is 4. The second-order valence-electron chi connectivity index (χ2n) is 14.1. The van der Waals surface area contributed by atoms with Crippen molar-refractivity contribution >= 4 is 0 Å². The Morgan fingerprint density at radius 3 is 1.30 bits per heavy atom. The summed E-state index contributed by atoms with van der Waals surface area (Å²) in [5, 5.41) is 0. The molecule has 0 radical (unpaired) electrons. The van der Waals surface area contributed by atoms with E-state index >= 15 is 8.78 Å². The minimum absolute atomic E-state index is 0.00326. The summed E-state index contributed by atoms with van der Waals surface area (Å²) < 4.78 is 55.1. The van der Waals surface area contributed by atoms with Gasteiger partial charge in [-0.1, -0.05) is 99.2 Å². The van der Waals surface area contributed by atoms with Gasteiger partial charge in [-0.05, 0) is 86.8 Å². The molecule has 2 heterocycles. The second kappa shape index (κ2) is 19.4. The van der Waals surface area contributed by atoms with Crippen LogP contribution in [0.1, 0.15) is 115 Å². The molecule has 5 rings (SSSR count). The molecule has 270 valence electrons. The largest absolute Gasteiger partial charge is 0.348 e. The van der Waals surface area contributed by atoms with Crippen LogP contribution in [0.2, 0.25) is 0 Å². The first-order valence-corrected chi connectivity index (χ1v) is 18.8. The predicted molar refractivity (Wildman–Crippen MR) is 198 cm³/mol. The van der Waals surface area contributed by atoms with Gasteiger partial charge in [0, 0.05) is 23.0 Å². The molecular weight excluding hydrogens is 630 g/mol. The van der Waals surface area contributed by atoms with Gasteiger partial charge in [-0.3, -0.25) is 0 Å². The van der Waals surface area contributed by atoms with Crippen LogP contribution in [0.3, 0.4) is 0 Å². The molecule has 0 bridgehead atoms. The van der Waals surface area contributed by atoms with Crippen molar-refractivity contribution < 1.29 is 27.7 Å². The third-order valence-electron chi connectivity index (χ3n) is 10.5. The summed E-state index contributed by atoms with van der Waals surface area (Å²) in [4.78, 5) is 0. The average molecular weight is 687 g/mol.